The monoisotopic (exact) mass is 534 g/mol. The molecule has 1 aliphatic carbocycles. The van der Waals surface area contributed by atoms with Crippen LogP contribution in [0.5, 0.6) is 5.75 Å². The predicted octanol–water partition coefficient (Wildman–Crippen LogP) is 5.72. The number of non-ortho nitro benzene ring substituents is 1. The molecule has 5 rings (SSSR count). The molecule has 0 unspecified atom stereocenters. The first kappa shape index (κ1) is 26.1. The van der Waals surface area contributed by atoms with Crippen LogP contribution >= 0.6 is 0 Å². The Hall–Kier alpha value is -5.56. The quantitative estimate of drug-likeness (QED) is 0.144. The second kappa shape index (κ2) is 11.0. The molecule has 1 N–H and O–H groups in total. The summed E-state index contributed by atoms with van der Waals surface area (Å²) in [4.78, 5) is 35.8. The highest BCUT2D eigenvalue weighted by molar-refractivity contribution is 6.06. The molecule has 10 heteroatoms. The number of hydrogen-bond donors (Lipinski definition) is 1. The molecule has 1 amide bonds. The molecule has 0 saturated carbocycles. The third kappa shape index (κ3) is 5.35. The van der Waals surface area contributed by atoms with Crippen LogP contribution in [0, 0.1) is 28.4 Å². The van der Waals surface area contributed by atoms with E-state index >= 15 is 0 Å². The van der Waals surface area contributed by atoms with Gasteiger partial charge in [-0.15, -0.1) is 0 Å². The molecule has 4 aromatic rings. The van der Waals surface area contributed by atoms with Gasteiger partial charge in [-0.05, 0) is 67.3 Å². The highest BCUT2D eigenvalue weighted by Crippen LogP contribution is 2.31. The number of carbonyl (C=O) groups is 2. The van der Waals surface area contributed by atoms with Crippen LogP contribution in [-0.4, -0.2) is 22.5 Å². The number of furan rings is 1. The fraction of sp³-hybridized carbons (Fsp3) is 0.133. The molecule has 40 heavy (non-hydrogen) atoms. The summed E-state index contributed by atoms with van der Waals surface area (Å²) < 4.78 is 11.5. The van der Waals surface area contributed by atoms with Gasteiger partial charge in [-0.25, -0.2) is 10.2 Å². The van der Waals surface area contributed by atoms with Crippen molar-refractivity contribution >= 4 is 23.3 Å². The van der Waals surface area contributed by atoms with Crippen molar-refractivity contribution in [3.8, 4) is 22.9 Å². The standard InChI is InChI=1S/C30H22N4O6/c1-18-27-25(32-33-29(35)22-9-13-23(14-10-22)34(37)38)3-2-4-26(27)40-28(18)30(36)39-24-15-11-21(12-16-24)20-7-5-19(17-31)6-8-20/h5-16H,2-4H2,1H3,(H,33,35)/b32-25+. The van der Waals surface area contributed by atoms with Crippen LogP contribution in [0.4, 0.5) is 5.69 Å². The maximum atomic E-state index is 13.0. The fourth-order valence-electron chi connectivity index (χ4n) is 4.50. The van der Waals surface area contributed by atoms with Crippen molar-refractivity contribution in [1.82, 2.24) is 5.43 Å². The number of esters is 1. The van der Waals surface area contributed by atoms with Crippen LogP contribution < -0.4 is 10.2 Å². The number of carbonyl (C=O) groups excluding carboxylic acids is 2. The van der Waals surface area contributed by atoms with Crippen LogP contribution in [0.15, 0.2) is 82.3 Å². The van der Waals surface area contributed by atoms with E-state index in [1.54, 1.807) is 31.2 Å². The number of amides is 1. The number of fused-ring (bicyclic) bond motifs is 1. The molecule has 1 aliphatic rings. The molecule has 10 nitrogen and oxygen atoms in total. The first-order valence-electron chi connectivity index (χ1n) is 12.4. The molecule has 0 spiro atoms. The topological polar surface area (TPSA) is 148 Å². The molecule has 0 atom stereocenters. The van der Waals surface area contributed by atoms with E-state index in [-0.39, 0.29) is 17.0 Å². The number of nitrogens with one attached hydrogen (secondary N) is 1. The summed E-state index contributed by atoms with van der Waals surface area (Å²) in [7, 11) is 0. The van der Waals surface area contributed by atoms with Gasteiger partial charge in [0.25, 0.3) is 11.6 Å². The zero-order chi connectivity index (χ0) is 28.2. The third-order valence-corrected chi connectivity index (χ3v) is 6.56. The number of hydrazone groups is 1. The van der Waals surface area contributed by atoms with Crippen molar-refractivity contribution in [1.29, 1.82) is 5.26 Å². The van der Waals surface area contributed by atoms with Crippen molar-refractivity contribution in [3.63, 3.8) is 0 Å². The van der Waals surface area contributed by atoms with Crippen molar-refractivity contribution in [2.75, 3.05) is 0 Å². The van der Waals surface area contributed by atoms with E-state index in [2.05, 4.69) is 16.6 Å². The smallest absolute Gasteiger partial charge is 0.379 e. The van der Waals surface area contributed by atoms with Gasteiger partial charge in [0.05, 0.1) is 22.3 Å². The number of nitriles is 1. The van der Waals surface area contributed by atoms with Gasteiger partial charge >= 0.3 is 5.97 Å². The van der Waals surface area contributed by atoms with E-state index in [1.807, 2.05) is 24.3 Å². The van der Waals surface area contributed by atoms with Gasteiger partial charge in [-0.2, -0.15) is 10.4 Å². The Labute approximate surface area is 228 Å². The van der Waals surface area contributed by atoms with Crippen molar-refractivity contribution in [2.45, 2.75) is 26.2 Å². The summed E-state index contributed by atoms with van der Waals surface area (Å²) in [5, 5.41) is 24.1. The van der Waals surface area contributed by atoms with E-state index in [0.29, 0.717) is 46.8 Å². The number of benzene rings is 3. The number of aryl methyl sites for hydroxylation is 1. The Bertz CT molecular complexity index is 1680. The molecule has 0 bridgehead atoms. The lowest BCUT2D eigenvalue weighted by Gasteiger charge is -2.13. The van der Waals surface area contributed by atoms with Crippen LogP contribution in [0.2, 0.25) is 0 Å². The lowest BCUT2D eigenvalue weighted by atomic mass is 9.93. The maximum Gasteiger partial charge on any atom is 0.379 e. The predicted molar refractivity (Wildman–Crippen MR) is 145 cm³/mol. The molecule has 0 saturated heterocycles. The van der Waals surface area contributed by atoms with Gasteiger partial charge in [0.1, 0.15) is 11.5 Å². The molecule has 0 radical (unpaired) electrons. The first-order chi connectivity index (χ1) is 19.3. The minimum Gasteiger partial charge on any atom is -0.453 e. The minimum atomic E-state index is -0.646. The van der Waals surface area contributed by atoms with Crippen molar-refractivity contribution in [2.24, 2.45) is 5.10 Å². The number of nitrogens with zero attached hydrogens (tertiary/aromatic N) is 3. The second-order valence-corrected chi connectivity index (χ2v) is 9.11. The molecule has 1 heterocycles. The molecule has 1 aromatic heterocycles. The van der Waals surface area contributed by atoms with Crippen molar-refractivity contribution in [3.05, 3.63) is 117 Å². The summed E-state index contributed by atoms with van der Waals surface area (Å²) in [6, 6.07) is 21.5. The summed E-state index contributed by atoms with van der Waals surface area (Å²) in [6.45, 7) is 1.74. The number of nitro benzene ring substituents is 1. The van der Waals surface area contributed by atoms with Gasteiger partial charge in [0.2, 0.25) is 5.76 Å². The summed E-state index contributed by atoms with van der Waals surface area (Å²) in [5.74, 6) is -0.153. The highest BCUT2D eigenvalue weighted by Gasteiger charge is 2.29. The van der Waals surface area contributed by atoms with E-state index in [0.717, 1.165) is 17.5 Å². The minimum absolute atomic E-state index is 0.0671. The van der Waals surface area contributed by atoms with Gasteiger partial charge < -0.3 is 9.15 Å². The van der Waals surface area contributed by atoms with Crippen LogP contribution in [0.3, 0.4) is 0 Å². The molecule has 198 valence electrons. The Morgan fingerprint density at radius 2 is 1.65 bits per heavy atom. The summed E-state index contributed by atoms with van der Waals surface area (Å²) in [5.41, 5.74) is 6.82. The molecular weight excluding hydrogens is 512 g/mol. The summed E-state index contributed by atoms with van der Waals surface area (Å²) >= 11 is 0. The Kier molecular flexibility index (Phi) is 7.20. The number of ether oxygens (including phenoxy) is 1. The maximum absolute atomic E-state index is 13.0. The van der Waals surface area contributed by atoms with E-state index in [9.17, 15) is 19.7 Å². The summed E-state index contributed by atoms with van der Waals surface area (Å²) in [6.07, 6.45) is 1.90. The average molecular weight is 535 g/mol. The van der Waals surface area contributed by atoms with Gasteiger partial charge in [-0.3, -0.25) is 14.9 Å². The lowest BCUT2D eigenvalue weighted by molar-refractivity contribution is -0.384. The number of hydrogen-bond acceptors (Lipinski definition) is 8. The van der Waals surface area contributed by atoms with Crippen LogP contribution in [-0.2, 0) is 6.42 Å². The van der Waals surface area contributed by atoms with Gasteiger partial charge in [-0.1, -0.05) is 24.3 Å². The van der Waals surface area contributed by atoms with Gasteiger partial charge in [0, 0.05) is 35.2 Å². The zero-order valence-corrected chi connectivity index (χ0v) is 21.3. The van der Waals surface area contributed by atoms with Crippen molar-refractivity contribution < 1.29 is 23.7 Å². The molecule has 0 fully saturated rings. The largest absolute Gasteiger partial charge is 0.453 e. The Morgan fingerprint density at radius 1 is 1.00 bits per heavy atom. The highest BCUT2D eigenvalue weighted by atomic mass is 16.6. The Balaban J connectivity index is 1.30. The van der Waals surface area contributed by atoms with E-state index < -0.39 is 16.8 Å². The second-order valence-electron chi connectivity index (χ2n) is 9.11. The average Bonchev–Trinajstić information content (AvgIpc) is 3.33. The number of rotatable bonds is 6. The van der Waals surface area contributed by atoms with E-state index in [1.165, 1.54) is 24.3 Å². The fourth-order valence-corrected chi connectivity index (χ4v) is 4.50. The molecule has 0 aliphatic heterocycles. The van der Waals surface area contributed by atoms with E-state index in [4.69, 9.17) is 14.4 Å². The lowest BCUT2D eigenvalue weighted by Crippen LogP contribution is -2.22. The van der Waals surface area contributed by atoms with Crippen LogP contribution in [0.1, 0.15) is 56.2 Å². The van der Waals surface area contributed by atoms with Gasteiger partial charge in [0.15, 0.2) is 0 Å². The normalized spacial score (nSPS) is 13.2. The molecule has 3 aromatic carbocycles. The third-order valence-electron chi connectivity index (χ3n) is 6.56. The molecular formula is C30H22N4O6. The zero-order valence-electron chi connectivity index (χ0n) is 21.3. The number of nitro groups is 1. The SMILES string of the molecule is Cc1c(C(=O)Oc2ccc(-c3ccc(C#N)cc3)cc2)oc2c1/C(=N/NC(=O)c1ccc([N+](=O)[O-])cc1)CCC2. The first-order valence-corrected chi connectivity index (χ1v) is 12.4. The Morgan fingerprint density at radius 3 is 2.27 bits per heavy atom. The van der Waals surface area contributed by atoms with Crippen LogP contribution in [0.25, 0.3) is 11.1 Å².